The lowest BCUT2D eigenvalue weighted by molar-refractivity contribution is -0.136. The molecule has 132 valence electrons. The second kappa shape index (κ2) is 6.70. The van der Waals surface area contributed by atoms with Crippen molar-refractivity contribution in [1.29, 1.82) is 0 Å². The first kappa shape index (κ1) is 17.2. The van der Waals surface area contributed by atoms with Gasteiger partial charge in [0, 0.05) is 18.7 Å². The van der Waals surface area contributed by atoms with Gasteiger partial charge in [-0.2, -0.15) is 4.31 Å². The molecule has 0 radical (unpaired) electrons. The number of benzene rings is 1. The average Bonchev–Trinajstić information content (AvgIpc) is 3.02. The molecule has 2 heterocycles. The van der Waals surface area contributed by atoms with Gasteiger partial charge in [-0.3, -0.25) is 4.79 Å². The van der Waals surface area contributed by atoms with E-state index in [1.54, 1.807) is 0 Å². The smallest absolute Gasteiger partial charge is 0.307 e. The van der Waals surface area contributed by atoms with Crippen molar-refractivity contribution in [3.05, 3.63) is 23.8 Å². The molecule has 2 aliphatic rings. The Hall–Kier alpha value is -1.64. The molecule has 2 fully saturated rings. The van der Waals surface area contributed by atoms with Gasteiger partial charge in [-0.15, -0.1) is 0 Å². The molecule has 1 aromatic rings. The van der Waals surface area contributed by atoms with Gasteiger partial charge in [-0.1, -0.05) is 0 Å². The molecule has 0 saturated carbocycles. The Kier molecular flexibility index (Phi) is 4.80. The second-order valence-electron chi connectivity index (χ2n) is 6.07. The Morgan fingerprint density at radius 2 is 2.21 bits per heavy atom. The van der Waals surface area contributed by atoms with Gasteiger partial charge in [0.05, 0.1) is 30.6 Å². The lowest BCUT2D eigenvalue weighted by Crippen LogP contribution is -2.48. The number of carboxylic acids is 1. The third-order valence-corrected chi connectivity index (χ3v) is 6.53. The van der Waals surface area contributed by atoms with E-state index in [2.05, 4.69) is 0 Å². The lowest BCUT2D eigenvalue weighted by atomic mass is 10.0. The van der Waals surface area contributed by atoms with Gasteiger partial charge in [-0.05, 0) is 37.5 Å². The first-order chi connectivity index (χ1) is 11.4. The number of piperidine rings is 1. The second-order valence-corrected chi connectivity index (χ2v) is 7.96. The average molecular weight is 355 g/mol. The molecule has 0 spiro atoms. The van der Waals surface area contributed by atoms with Crippen LogP contribution in [-0.4, -0.2) is 56.2 Å². The quantitative estimate of drug-likeness (QED) is 0.855. The lowest BCUT2D eigenvalue weighted by Gasteiger charge is -2.35. The van der Waals surface area contributed by atoms with Crippen LogP contribution in [0.5, 0.6) is 5.75 Å². The minimum Gasteiger partial charge on any atom is -0.496 e. The maximum absolute atomic E-state index is 13.0. The van der Waals surface area contributed by atoms with Gasteiger partial charge in [-0.25, -0.2) is 8.42 Å². The minimum absolute atomic E-state index is 0.0368. The Morgan fingerprint density at radius 3 is 2.92 bits per heavy atom. The van der Waals surface area contributed by atoms with Gasteiger partial charge >= 0.3 is 5.97 Å². The number of hydrogen-bond acceptors (Lipinski definition) is 5. The van der Waals surface area contributed by atoms with Crippen molar-refractivity contribution >= 4 is 16.0 Å². The van der Waals surface area contributed by atoms with Crippen LogP contribution >= 0.6 is 0 Å². The molecule has 2 aliphatic heterocycles. The number of fused-ring (bicyclic) bond motifs is 1. The number of aliphatic carboxylic acids is 1. The van der Waals surface area contributed by atoms with Crippen molar-refractivity contribution in [2.75, 3.05) is 20.3 Å². The molecule has 1 aromatic carbocycles. The van der Waals surface area contributed by atoms with Crippen molar-refractivity contribution in [3.8, 4) is 5.75 Å². The van der Waals surface area contributed by atoms with Crippen LogP contribution in [0.1, 0.15) is 24.8 Å². The third kappa shape index (κ3) is 3.13. The molecule has 0 aliphatic carbocycles. The van der Waals surface area contributed by atoms with Gasteiger partial charge in [0.25, 0.3) is 0 Å². The molecule has 1 N–H and O–H groups in total. The number of rotatable bonds is 5. The molecule has 0 aromatic heterocycles. The van der Waals surface area contributed by atoms with Crippen LogP contribution in [0.15, 0.2) is 23.1 Å². The summed E-state index contributed by atoms with van der Waals surface area (Å²) in [6, 6.07) is 4.26. The fourth-order valence-corrected chi connectivity index (χ4v) is 5.28. The zero-order valence-corrected chi connectivity index (χ0v) is 14.3. The zero-order chi connectivity index (χ0) is 17.3. The fraction of sp³-hybridized carbons (Fsp3) is 0.562. The number of sulfonamides is 1. The molecule has 2 saturated heterocycles. The molecule has 0 bridgehead atoms. The Labute approximate surface area is 141 Å². The highest BCUT2D eigenvalue weighted by molar-refractivity contribution is 7.89. The van der Waals surface area contributed by atoms with E-state index in [-0.39, 0.29) is 23.5 Å². The summed E-state index contributed by atoms with van der Waals surface area (Å²) < 4.78 is 38.4. The first-order valence-electron chi connectivity index (χ1n) is 7.95. The maximum atomic E-state index is 13.0. The van der Waals surface area contributed by atoms with Crippen LogP contribution in [-0.2, 0) is 26.0 Å². The van der Waals surface area contributed by atoms with Crippen molar-refractivity contribution in [2.24, 2.45) is 0 Å². The number of nitrogens with zero attached hydrogens (tertiary/aromatic N) is 1. The van der Waals surface area contributed by atoms with Gasteiger partial charge < -0.3 is 14.6 Å². The number of hydrogen-bond donors (Lipinski definition) is 1. The van der Waals surface area contributed by atoms with E-state index >= 15 is 0 Å². The Morgan fingerprint density at radius 1 is 1.42 bits per heavy atom. The van der Waals surface area contributed by atoms with E-state index in [0.29, 0.717) is 30.9 Å². The predicted octanol–water partition coefficient (Wildman–Crippen LogP) is 1.26. The third-order valence-electron chi connectivity index (χ3n) is 4.61. The summed E-state index contributed by atoms with van der Waals surface area (Å²) in [5.74, 6) is -0.665. The molecule has 0 amide bonds. The largest absolute Gasteiger partial charge is 0.496 e. The van der Waals surface area contributed by atoms with E-state index in [4.69, 9.17) is 14.6 Å². The van der Waals surface area contributed by atoms with Crippen LogP contribution < -0.4 is 4.74 Å². The van der Waals surface area contributed by atoms with E-state index in [0.717, 1.165) is 12.8 Å². The van der Waals surface area contributed by atoms with E-state index in [9.17, 15) is 13.2 Å². The summed E-state index contributed by atoms with van der Waals surface area (Å²) in [4.78, 5) is 11.1. The standard InChI is InChI=1S/C16H21NO6S/c1-22-14-5-4-12(9-11(14)10-16(18)19)24(20,21)17-7-2-3-15-13(17)6-8-23-15/h4-5,9,13,15H,2-3,6-8,10H2,1H3,(H,18,19)/t13-,15-/m1/s1. The number of carboxylic acid groups (broad SMARTS) is 1. The highest BCUT2D eigenvalue weighted by Gasteiger charge is 2.42. The van der Waals surface area contributed by atoms with Gasteiger partial charge in [0.15, 0.2) is 0 Å². The van der Waals surface area contributed by atoms with Crippen LogP contribution in [0.4, 0.5) is 0 Å². The number of ether oxygens (including phenoxy) is 2. The highest BCUT2D eigenvalue weighted by Crippen LogP contribution is 2.33. The summed E-state index contributed by atoms with van der Waals surface area (Å²) in [5.41, 5.74) is 0.349. The molecule has 8 heteroatoms. The number of carbonyl (C=O) groups is 1. The normalized spacial score (nSPS) is 24.5. The van der Waals surface area contributed by atoms with Crippen LogP contribution in [0, 0.1) is 0 Å². The molecule has 0 unspecified atom stereocenters. The summed E-state index contributed by atoms with van der Waals surface area (Å²) in [6.45, 7) is 1.04. The number of methoxy groups -OCH3 is 1. The molecular formula is C16H21NO6S. The summed E-state index contributed by atoms with van der Waals surface area (Å²) in [7, 11) is -2.26. The fourth-order valence-electron chi connectivity index (χ4n) is 3.51. The molecular weight excluding hydrogens is 334 g/mol. The molecule has 7 nitrogen and oxygen atoms in total. The molecule has 3 rings (SSSR count). The summed E-state index contributed by atoms with van der Waals surface area (Å²) in [6.07, 6.45) is 2.01. The van der Waals surface area contributed by atoms with Crippen molar-refractivity contribution < 1.29 is 27.8 Å². The van der Waals surface area contributed by atoms with Crippen molar-refractivity contribution in [2.45, 2.75) is 42.7 Å². The Balaban J connectivity index is 1.95. The van der Waals surface area contributed by atoms with Crippen LogP contribution in [0.2, 0.25) is 0 Å². The molecule has 24 heavy (non-hydrogen) atoms. The zero-order valence-electron chi connectivity index (χ0n) is 13.5. The highest BCUT2D eigenvalue weighted by atomic mass is 32.2. The van der Waals surface area contributed by atoms with Crippen LogP contribution in [0.25, 0.3) is 0 Å². The van der Waals surface area contributed by atoms with Crippen molar-refractivity contribution in [3.63, 3.8) is 0 Å². The predicted molar refractivity (Wildman–Crippen MR) is 85.6 cm³/mol. The Bertz CT molecular complexity index is 732. The van der Waals surface area contributed by atoms with Gasteiger partial charge in [0.1, 0.15) is 5.75 Å². The van der Waals surface area contributed by atoms with Crippen LogP contribution in [0.3, 0.4) is 0 Å². The minimum atomic E-state index is -3.69. The van der Waals surface area contributed by atoms with Gasteiger partial charge in [0.2, 0.25) is 10.0 Å². The SMILES string of the molecule is COc1ccc(S(=O)(=O)N2CCC[C@H]3OCC[C@H]32)cc1CC(=O)O. The van der Waals surface area contributed by atoms with E-state index < -0.39 is 16.0 Å². The monoisotopic (exact) mass is 355 g/mol. The van der Waals surface area contributed by atoms with E-state index in [1.807, 2.05) is 0 Å². The molecule has 2 atom stereocenters. The van der Waals surface area contributed by atoms with E-state index in [1.165, 1.54) is 29.6 Å². The summed E-state index contributed by atoms with van der Waals surface area (Å²) >= 11 is 0. The maximum Gasteiger partial charge on any atom is 0.307 e. The first-order valence-corrected chi connectivity index (χ1v) is 9.39. The topological polar surface area (TPSA) is 93.1 Å². The van der Waals surface area contributed by atoms with Crippen molar-refractivity contribution in [1.82, 2.24) is 4.31 Å². The summed E-state index contributed by atoms with van der Waals surface area (Å²) in [5, 5.41) is 9.02.